The van der Waals surface area contributed by atoms with Gasteiger partial charge in [0, 0.05) is 6.54 Å². The zero-order valence-electron chi connectivity index (χ0n) is 9.08. The number of carboxylic acid groups (broad SMARTS) is 1. The van der Waals surface area contributed by atoms with Gasteiger partial charge in [-0.3, -0.25) is 4.79 Å². The van der Waals surface area contributed by atoms with Gasteiger partial charge in [0.2, 0.25) is 5.09 Å². The number of rotatable bonds is 3. The van der Waals surface area contributed by atoms with Gasteiger partial charge in [-0.1, -0.05) is 0 Å². The molecule has 7 nitrogen and oxygen atoms in total. The third-order valence-corrected chi connectivity index (χ3v) is 5.22. The Bertz CT molecular complexity index is 553. The summed E-state index contributed by atoms with van der Waals surface area (Å²) in [6, 6.07) is 0.198. The van der Waals surface area contributed by atoms with Crippen LogP contribution in [0, 0.1) is 0 Å². The smallest absolute Gasteiger partial charge is 0.324 e. The first kappa shape index (κ1) is 13.5. The monoisotopic (exact) mass is 339 g/mol. The van der Waals surface area contributed by atoms with Gasteiger partial charge in [-0.2, -0.15) is 4.31 Å². The lowest BCUT2D eigenvalue weighted by Crippen LogP contribution is -2.52. The van der Waals surface area contributed by atoms with Gasteiger partial charge in [-0.25, -0.2) is 8.42 Å². The molecule has 1 unspecified atom stereocenters. The Kier molecular flexibility index (Phi) is 3.76. The molecule has 0 saturated carbocycles. The van der Waals surface area contributed by atoms with E-state index in [0.29, 0.717) is 0 Å². The first-order chi connectivity index (χ1) is 8.44. The van der Waals surface area contributed by atoms with E-state index in [1.807, 2.05) is 0 Å². The molecular formula is C9H10BrNO6S. The average Bonchev–Trinajstić information content (AvgIpc) is 2.76. The van der Waals surface area contributed by atoms with Crippen LogP contribution in [0.2, 0.25) is 0 Å². The predicted molar refractivity (Wildman–Crippen MR) is 62.5 cm³/mol. The lowest BCUT2D eigenvalue weighted by atomic mass is 10.3. The van der Waals surface area contributed by atoms with Gasteiger partial charge in [0.05, 0.1) is 23.9 Å². The first-order valence-electron chi connectivity index (χ1n) is 5.00. The molecular weight excluding hydrogens is 330 g/mol. The highest BCUT2D eigenvalue weighted by molar-refractivity contribution is 9.10. The van der Waals surface area contributed by atoms with E-state index in [1.54, 1.807) is 0 Å². The van der Waals surface area contributed by atoms with Gasteiger partial charge in [0.1, 0.15) is 6.04 Å². The van der Waals surface area contributed by atoms with E-state index in [0.717, 1.165) is 4.31 Å². The quantitative estimate of drug-likeness (QED) is 0.861. The Morgan fingerprint density at radius 2 is 2.28 bits per heavy atom. The van der Waals surface area contributed by atoms with Crippen molar-refractivity contribution in [2.75, 3.05) is 19.8 Å². The normalized spacial score (nSPS) is 21.9. The SMILES string of the molecule is O=C(O)C1COCCN1S(=O)(=O)c1occc1Br. The van der Waals surface area contributed by atoms with Crippen LogP contribution in [0.3, 0.4) is 0 Å². The van der Waals surface area contributed by atoms with E-state index in [9.17, 15) is 13.2 Å². The van der Waals surface area contributed by atoms with Crippen LogP contribution in [0.15, 0.2) is 26.3 Å². The molecule has 0 radical (unpaired) electrons. The van der Waals surface area contributed by atoms with Gasteiger partial charge < -0.3 is 14.3 Å². The van der Waals surface area contributed by atoms with E-state index in [1.165, 1.54) is 12.3 Å². The molecule has 2 rings (SSSR count). The second-order valence-corrected chi connectivity index (χ2v) is 6.24. The number of nitrogens with zero attached hydrogens (tertiary/aromatic N) is 1. The van der Waals surface area contributed by atoms with Crippen LogP contribution in [0.1, 0.15) is 0 Å². The summed E-state index contributed by atoms with van der Waals surface area (Å²) in [6.07, 6.45) is 1.22. The van der Waals surface area contributed by atoms with Crippen molar-refractivity contribution in [3.8, 4) is 0 Å². The third-order valence-electron chi connectivity index (χ3n) is 2.49. The summed E-state index contributed by atoms with van der Waals surface area (Å²) in [7, 11) is -3.98. The zero-order valence-corrected chi connectivity index (χ0v) is 11.5. The second-order valence-electron chi connectivity index (χ2n) is 3.60. The number of morpholine rings is 1. The Balaban J connectivity index is 2.39. The van der Waals surface area contributed by atoms with E-state index in [-0.39, 0.29) is 29.3 Å². The van der Waals surface area contributed by atoms with Gasteiger partial charge in [-0.05, 0) is 22.0 Å². The lowest BCUT2D eigenvalue weighted by molar-refractivity contribution is -0.146. The number of furan rings is 1. The fourth-order valence-corrected chi connectivity index (χ4v) is 3.96. The van der Waals surface area contributed by atoms with Gasteiger partial charge >= 0.3 is 5.97 Å². The molecule has 0 aromatic carbocycles. The Morgan fingerprint density at radius 1 is 1.56 bits per heavy atom. The lowest BCUT2D eigenvalue weighted by Gasteiger charge is -2.30. The van der Waals surface area contributed by atoms with E-state index < -0.39 is 22.0 Å². The zero-order chi connectivity index (χ0) is 13.3. The van der Waals surface area contributed by atoms with Crippen LogP contribution < -0.4 is 0 Å². The molecule has 9 heteroatoms. The molecule has 0 bridgehead atoms. The highest BCUT2D eigenvalue weighted by atomic mass is 79.9. The van der Waals surface area contributed by atoms with Crippen LogP contribution in [0.4, 0.5) is 0 Å². The topological polar surface area (TPSA) is 97.0 Å². The minimum Gasteiger partial charge on any atom is -0.480 e. The maximum atomic E-state index is 12.3. The van der Waals surface area contributed by atoms with Crippen molar-refractivity contribution in [1.29, 1.82) is 0 Å². The van der Waals surface area contributed by atoms with Crippen molar-refractivity contribution in [3.05, 3.63) is 16.8 Å². The highest BCUT2D eigenvalue weighted by Crippen LogP contribution is 2.28. The molecule has 1 aromatic rings. The molecule has 1 aliphatic heterocycles. The second kappa shape index (κ2) is 5.00. The minimum absolute atomic E-state index is 0.0214. The molecule has 1 aliphatic rings. The number of sulfonamides is 1. The summed E-state index contributed by atoms with van der Waals surface area (Å²) < 4.78 is 35.6. The van der Waals surface area contributed by atoms with Gasteiger partial charge in [0.25, 0.3) is 10.0 Å². The fraction of sp³-hybridized carbons (Fsp3) is 0.444. The summed E-state index contributed by atoms with van der Waals surface area (Å²) in [6.45, 7) is -0.0410. The number of hydrogen-bond donors (Lipinski definition) is 1. The van der Waals surface area contributed by atoms with Crippen LogP contribution in [-0.2, 0) is 19.6 Å². The molecule has 1 fully saturated rings. The third kappa shape index (κ3) is 2.30. The summed E-state index contributed by atoms with van der Waals surface area (Å²) in [5.74, 6) is -1.25. The minimum atomic E-state index is -3.98. The number of carbonyl (C=O) groups is 1. The largest absolute Gasteiger partial charge is 0.480 e. The van der Waals surface area contributed by atoms with Crippen LogP contribution >= 0.6 is 15.9 Å². The van der Waals surface area contributed by atoms with Crippen molar-refractivity contribution in [3.63, 3.8) is 0 Å². The summed E-state index contributed by atoms with van der Waals surface area (Å²) in [4.78, 5) is 11.0. The number of hydrogen-bond acceptors (Lipinski definition) is 5. The molecule has 2 heterocycles. The Morgan fingerprint density at radius 3 is 2.83 bits per heavy atom. The van der Waals surface area contributed by atoms with Crippen molar-refractivity contribution >= 4 is 31.9 Å². The molecule has 1 atom stereocenters. The summed E-state index contributed by atoms with van der Waals surface area (Å²) in [5, 5.41) is 8.71. The summed E-state index contributed by atoms with van der Waals surface area (Å²) in [5.41, 5.74) is 0. The molecule has 0 spiro atoms. The molecule has 18 heavy (non-hydrogen) atoms. The first-order valence-corrected chi connectivity index (χ1v) is 7.23. The van der Waals surface area contributed by atoms with Crippen LogP contribution in [-0.4, -0.2) is 49.6 Å². The molecule has 0 aliphatic carbocycles. The van der Waals surface area contributed by atoms with E-state index in [2.05, 4.69) is 15.9 Å². The van der Waals surface area contributed by atoms with E-state index in [4.69, 9.17) is 14.3 Å². The molecule has 1 aromatic heterocycles. The average molecular weight is 340 g/mol. The maximum absolute atomic E-state index is 12.3. The number of ether oxygens (including phenoxy) is 1. The van der Waals surface area contributed by atoms with Gasteiger partial charge in [0.15, 0.2) is 0 Å². The number of halogens is 1. The molecule has 100 valence electrons. The fourth-order valence-electron chi connectivity index (χ4n) is 1.64. The number of aliphatic carboxylic acids is 1. The van der Waals surface area contributed by atoms with Crippen LogP contribution in [0.5, 0.6) is 0 Å². The molecule has 0 amide bonds. The van der Waals surface area contributed by atoms with E-state index >= 15 is 0 Å². The number of carboxylic acids is 1. The standard InChI is InChI=1S/C9H10BrNO6S/c10-6-1-3-17-9(6)18(14,15)11-2-4-16-5-7(11)8(12)13/h1,3,7H,2,4-5H2,(H,12,13). The van der Waals surface area contributed by atoms with Crippen LogP contribution in [0.25, 0.3) is 0 Å². The summed E-state index contributed by atoms with van der Waals surface area (Å²) >= 11 is 3.05. The van der Waals surface area contributed by atoms with Crippen molar-refractivity contribution in [1.82, 2.24) is 4.31 Å². The van der Waals surface area contributed by atoms with Crippen molar-refractivity contribution in [2.24, 2.45) is 0 Å². The van der Waals surface area contributed by atoms with Crippen molar-refractivity contribution < 1.29 is 27.5 Å². The predicted octanol–water partition coefficient (Wildman–Crippen LogP) is 0.516. The maximum Gasteiger partial charge on any atom is 0.324 e. The Labute approximate surface area is 112 Å². The molecule has 1 N–H and O–H groups in total. The Hall–Kier alpha value is -0.900. The van der Waals surface area contributed by atoms with Crippen molar-refractivity contribution in [2.45, 2.75) is 11.1 Å². The molecule has 1 saturated heterocycles. The highest BCUT2D eigenvalue weighted by Gasteiger charge is 2.40. The van der Waals surface area contributed by atoms with Gasteiger partial charge in [-0.15, -0.1) is 0 Å².